The Labute approximate surface area is 374 Å². The van der Waals surface area contributed by atoms with E-state index in [1.54, 1.807) is 18.3 Å². The molecule has 5 aromatic rings. The zero-order valence-electron chi connectivity index (χ0n) is 34.0. The maximum atomic E-state index is 14.1. The number of nitrogens with zero attached hydrogens (tertiary/aromatic N) is 4. The summed E-state index contributed by atoms with van der Waals surface area (Å²) >= 11 is 7.53. The molecule has 7 rings (SSSR count). The molecule has 0 radical (unpaired) electrons. The Bertz CT molecular complexity index is 2560. The van der Waals surface area contributed by atoms with Gasteiger partial charge in [-0.25, -0.2) is 21.6 Å². The summed E-state index contributed by atoms with van der Waals surface area (Å²) in [5.74, 6) is -0.674. The molecule has 2 saturated heterocycles. The summed E-state index contributed by atoms with van der Waals surface area (Å²) in [5.41, 5.74) is -2.41. The highest BCUT2D eigenvalue weighted by Crippen LogP contribution is 2.37. The number of carbonyl (C=O) groups excluding carboxylic acids is 1. The Morgan fingerprint density at radius 3 is 2.21 bits per heavy atom. The number of hydrogen-bond donors (Lipinski definition) is 2. The van der Waals surface area contributed by atoms with E-state index in [9.17, 15) is 34.8 Å². The van der Waals surface area contributed by atoms with E-state index >= 15 is 0 Å². The number of sulfonamides is 1. The van der Waals surface area contributed by atoms with Crippen molar-refractivity contribution in [1.29, 1.82) is 0 Å². The number of pyridine rings is 1. The van der Waals surface area contributed by atoms with Crippen molar-refractivity contribution in [3.8, 4) is 11.3 Å². The number of amides is 1. The number of piperazine rings is 1. The molecule has 0 bridgehead atoms. The van der Waals surface area contributed by atoms with E-state index < -0.39 is 52.8 Å². The molecule has 19 heteroatoms. The minimum absolute atomic E-state index is 0.0206. The lowest BCUT2D eigenvalue weighted by atomic mass is 10.1. The highest BCUT2D eigenvalue weighted by atomic mass is 35.5. The molecular weight excluding hydrogens is 897 g/mol. The molecule has 334 valence electrons. The fourth-order valence-electron chi connectivity index (χ4n) is 7.33. The molecule has 0 spiro atoms. The number of ether oxygens (including phenoxy) is 1. The molecule has 0 saturated carbocycles. The highest BCUT2D eigenvalue weighted by Gasteiger charge is 2.48. The molecular formula is C44H46ClF3N6O6S3. The number of sulfone groups is 1. The Kier molecular flexibility index (Phi) is 15.0. The molecule has 12 nitrogen and oxygen atoms in total. The second-order valence-corrected chi connectivity index (χ2v) is 20.2. The third-order valence-electron chi connectivity index (χ3n) is 10.8. The van der Waals surface area contributed by atoms with Crippen LogP contribution < -0.4 is 14.9 Å². The molecule has 63 heavy (non-hydrogen) atoms. The average Bonchev–Trinajstić information content (AvgIpc) is 3.28. The topological polar surface area (TPSA) is 141 Å². The summed E-state index contributed by atoms with van der Waals surface area (Å²) in [4.78, 5) is 23.3. The van der Waals surface area contributed by atoms with Crippen LogP contribution in [0.15, 0.2) is 130 Å². The molecule has 2 N–H and O–H groups in total. The molecule has 1 atom stereocenters. The Hall–Kier alpha value is -4.69. The number of hydrogen-bond acceptors (Lipinski definition) is 12. The SMILES string of the molecule is O=C(NS(=O)(=O)c1ccc(N[C@H](CCN2CCOCC2)CSc2ccccc2)c(S(=O)(=O)C(F)(F)F)c1)c1ccc(N2CCN(Cc3cccnc3-c3ccc(Cl)cc3)CC2)cc1. The van der Waals surface area contributed by atoms with Crippen LogP contribution in [0.2, 0.25) is 5.02 Å². The first-order valence-electron chi connectivity index (χ1n) is 20.2. The molecule has 2 aliphatic rings. The van der Waals surface area contributed by atoms with Gasteiger partial charge in [0.2, 0.25) is 0 Å². The van der Waals surface area contributed by atoms with E-state index in [4.69, 9.17) is 16.3 Å². The fourth-order valence-corrected chi connectivity index (χ4v) is 10.5. The molecule has 1 aromatic heterocycles. The lowest BCUT2D eigenvalue weighted by Gasteiger charge is -2.36. The van der Waals surface area contributed by atoms with Crippen LogP contribution in [-0.4, -0.2) is 114 Å². The van der Waals surface area contributed by atoms with Crippen molar-refractivity contribution in [3.05, 3.63) is 132 Å². The first kappa shape index (κ1) is 46.3. The first-order valence-corrected chi connectivity index (χ1v) is 24.5. The second kappa shape index (κ2) is 20.4. The van der Waals surface area contributed by atoms with E-state index in [2.05, 4.69) is 31.1 Å². The summed E-state index contributed by atoms with van der Waals surface area (Å²) in [5, 5.41) is 3.63. The fraction of sp³-hybridized carbons (Fsp3) is 0.318. The van der Waals surface area contributed by atoms with Gasteiger partial charge in [-0.3, -0.25) is 19.6 Å². The summed E-state index contributed by atoms with van der Waals surface area (Å²) in [6.07, 6.45) is 2.20. The van der Waals surface area contributed by atoms with Gasteiger partial charge in [0, 0.05) is 97.1 Å². The third kappa shape index (κ3) is 11.9. The lowest BCUT2D eigenvalue weighted by molar-refractivity contribution is -0.0435. The smallest absolute Gasteiger partial charge is 0.380 e. The van der Waals surface area contributed by atoms with Crippen LogP contribution in [0.25, 0.3) is 11.3 Å². The van der Waals surface area contributed by atoms with Crippen molar-refractivity contribution >= 4 is 60.5 Å². The standard InChI is InChI=1S/C44H46ClF3N6O6S3/c45-35-12-8-32(9-13-35)42-34(5-4-19-49-42)30-53-21-23-54(24-22-53)37-14-10-33(11-15-37)43(55)51-63(58,59)39-16-17-40(41(29-39)62(56,57)44(46,47)48)50-36(18-20-52-25-27-60-28-26-52)31-61-38-6-2-1-3-7-38/h1-17,19,29,36,50H,18,20-28,30-31H2,(H,51,55)/t36-/m1/s1. The van der Waals surface area contributed by atoms with E-state index in [0.29, 0.717) is 75.7 Å². The monoisotopic (exact) mass is 942 g/mol. The Morgan fingerprint density at radius 2 is 1.52 bits per heavy atom. The predicted octanol–water partition coefficient (Wildman–Crippen LogP) is 7.43. The van der Waals surface area contributed by atoms with Gasteiger partial charge in [-0.1, -0.05) is 48.0 Å². The van der Waals surface area contributed by atoms with Gasteiger partial charge < -0.3 is 15.0 Å². The van der Waals surface area contributed by atoms with Gasteiger partial charge in [0.1, 0.15) is 4.90 Å². The average molecular weight is 944 g/mol. The lowest BCUT2D eigenvalue weighted by Crippen LogP contribution is -2.46. The van der Waals surface area contributed by atoms with Gasteiger partial charge in [-0.05, 0) is 84.8 Å². The summed E-state index contributed by atoms with van der Waals surface area (Å²) in [6, 6.07) is 29.1. The number of thioether (sulfide) groups is 1. The minimum atomic E-state index is -6.06. The van der Waals surface area contributed by atoms with E-state index in [-0.39, 0.29) is 5.56 Å². The number of rotatable bonds is 16. The minimum Gasteiger partial charge on any atom is -0.380 e. The number of aromatic nitrogens is 1. The first-order chi connectivity index (χ1) is 30.2. The number of nitrogens with one attached hydrogen (secondary N) is 2. The zero-order valence-corrected chi connectivity index (χ0v) is 37.2. The Balaban J connectivity index is 1.02. The maximum Gasteiger partial charge on any atom is 0.501 e. The van der Waals surface area contributed by atoms with Gasteiger partial charge in [0.05, 0.1) is 29.5 Å². The summed E-state index contributed by atoms with van der Waals surface area (Å²) in [6.45, 7) is 6.56. The van der Waals surface area contributed by atoms with Crippen molar-refractivity contribution in [1.82, 2.24) is 19.5 Å². The van der Waals surface area contributed by atoms with E-state index in [0.717, 1.165) is 52.6 Å². The van der Waals surface area contributed by atoms with E-state index in [1.165, 1.54) is 23.9 Å². The van der Waals surface area contributed by atoms with Crippen LogP contribution in [0.4, 0.5) is 24.5 Å². The molecule has 0 unspecified atom stereocenters. The van der Waals surface area contributed by atoms with Crippen molar-refractivity contribution < 1.29 is 39.5 Å². The quantitative estimate of drug-likeness (QED) is 0.0951. The third-order valence-corrected chi connectivity index (χ3v) is 15.1. The maximum absolute atomic E-state index is 14.1. The highest BCUT2D eigenvalue weighted by molar-refractivity contribution is 7.99. The summed E-state index contributed by atoms with van der Waals surface area (Å²) in [7, 11) is -10.9. The van der Waals surface area contributed by atoms with Crippen LogP contribution >= 0.6 is 23.4 Å². The van der Waals surface area contributed by atoms with Crippen LogP contribution in [0.1, 0.15) is 22.3 Å². The van der Waals surface area contributed by atoms with Gasteiger partial charge in [0.25, 0.3) is 25.8 Å². The molecule has 1 amide bonds. The number of benzene rings is 4. The number of alkyl halides is 3. The van der Waals surface area contributed by atoms with Gasteiger partial charge in [-0.2, -0.15) is 13.2 Å². The molecule has 3 heterocycles. The predicted molar refractivity (Wildman–Crippen MR) is 239 cm³/mol. The number of anilines is 2. The number of halogens is 4. The largest absolute Gasteiger partial charge is 0.501 e. The van der Waals surface area contributed by atoms with Crippen LogP contribution in [0, 0.1) is 0 Å². The summed E-state index contributed by atoms with van der Waals surface area (Å²) < 4.78 is 103. The second-order valence-electron chi connectivity index (χ2n) is 15.1. The van der Waals surface area contributed by atoms with Crippen LogP contribution in [0.3, 0.4) is 0 Å². The van der Waals surface area contributed by atoms with Gasteiger partial charge in [0.15, 0.2) is 0 Å². The normalized spacial score (nSPS) is 16.1. The number of carbonyl (C=O) groups is 1. The van der Waals surface area contributed by atoms with Gasteiger partial charge >= 0.3 is 5.51 Å². The van der Waals surface area contributed by atoms with Crippen molar-refractivity contribution in [2.24, 2.45) is 0 Å². The molecule has 0 aliphatic carbocycles. The van der Waals surface area contributed by atoms with Crippen LogP contribution in [0.5, 0.6) is 0 Å². The van der Waals surface area contributed by atoms with Crippen molar-refractivity contribution in [3.63, 3.8) is 0 Å². The van der Waals surface area contributed by atoms with Crippen molar-refractivity contribution in [2.45, 2.75) is 39.2 Å². The number of morpholine rings is 1. The zero-order chi connectivity index (χ0) is 44.6. The molecule has 4 aromatic carbocycles. The molecule has 2 fully saturated rings. The Morgan fingerprint density at radius 1 is 0.825 bits per heavy atom. The van der Waals surface area contributed by atoms with Crippen molar-refractivity contribution in [2.75, 3.05) is 75.0 Å². The molecule has 2 aliphatic heterocycles. The van der Waals surface area contributed by atoms with Gasteiger partial charge in [-0.15, -0.1) is 11.8 Å². The van der Waals surface area contributed by atoms with E-state index in [1.807, 2.05) is 65.4 Å². The van der Waals surface area contributed by atoms with Crippen LogP contribution in [-0.2, 0) is 31.1 Å².